The predicted molar refractivity (Wildman–Crippen MR) is 63.8 cm³/mol. The summed E-state index contributed by atoms with van der Waals surface area (Å²) in [5.41, 5.74) is 3.20. The Kier molecular flexibility index (Phi) is 3.02. The van der Waals surface area contributed by atoms with Gasteiger partial charge in [-0.25, -0.2) is 6.57 Å². The molecule has 0 saturated heterocycles. The summed E-state index contributed by atoms with van der Waals surface area (Å²) in [7, 11) is 1.92. The fraction of sp³-hybridized carbons (Fsp3) is 0.231. The Morgan fingerprint density at radius 1 is 1.31 bits per heavy atom. The van der Waals surface area contributed by atoms with E-state index in [1.807, 2.05) is 42.1 Å². The maximum absolute atomic E-state index is 6.79. The highest BCUT2D eigenvalue weighted by Gasteiger charge is 2.07. The molecule has 0 N–H and O–H groups in total. The minimum Gasteiger partial charge on any atom is -0.317 e. The van der Waals surface area contributed by atoms with Gasteiger partial charge < -0.3 is 4.85 Å². The quantitative estimate of drug-likeness (QED) is 0.715. The second kappa shape index (κ2) is 4.63. The lowest BCUT2D eigenvalue weighted by Gasteiger charge is -1.94. The zero-order chi connectivity index (χ0) is 11.4. The monoisotopic (exact) mass is 211 g/mol. The van der Waals surface area contributed by atoms with Crippen LogP contribution in [0.25, 0.3) is 16.1 Å². The van der Waals surface area contributed by atoms with E-state index >= 15 is 0 Å². The molecular weight excluding hydrogens is 198 g/mol. The lowest BCUT2D eigenvalue weighted by Crippen LogP contribution is -1.99. The van der Waals surface area contributed by atoms with Gasteiger partial charge in [-0.2, -0.15) is 5.10 Å². The zero-order valence-electron chi connectivity index (χ0n) is 9.22. The molecule has 0 spiro atoms. The number of hydrogen-bond donors (Lipinski definition) is 0. The summed E-state index contributed by atoms with van der Waals surface area (Å²) in [6, 6.07) is 12.1. The molecule has 0 saturated carbocycles. The summed E-state index contributed by atoms with van der Waals surface area (Å²) in [4.78, 5) is 3.36. The number of rotatable bonds is 3. The third kappa shape index (κ3) is 2.12. The zero-order valence-corrected chi connectivity index (χ0v) is 9.22. The third-order valence-corrected chi connectivity index (χ3v) is 2.53. The first-order valence-corrected chi connectivity index (χ1v) is 5.23. The molecule has 2 aromatic rings. The van der Waals surface area contributed by atoms with Gasteiger partial charge in [0, 0.05) is 18.3 Å². The highest BCUT2D eigenvalue weighted by Crippen LogP contribution is 2.18. The SMILES string of the molecule is [C-]#[N+]CCc1cc(-c2ccccc2)nn1C. The van der Waals surface area contributed by atoms with Gasteiger partial charge in [0.15, 0.2) is 0 Å². The molecule has 0 fully saturated rings. The largest absolute Gasteiger partial charge is 0.317 e. The lowest BCUT2D eigenvalue weighted by molar-refractivity contribution is 0.717. The van der Waals surface area contributed by atoms with Crippen LogP contribution < -0.4 is 0 Å². The number of benzene rings is 1. The van der Waals surface area contributed by atoms with Gasteiger partial charge in [-0.05, 0) is 6.07 Å². The van der Waals surface area contributed by atoms with E-state index in [9.17, 15) is 0 Å². The fourth-order valence-corrected chi connectivity index (χ4v) is 1.66. The van der Waals surface area contributed by atoms with Gasteiger partial charge in [-0.3, -0.25) is 4.68 Å². The summed E-state index contributed by atoms with van der Waals surface area (Å²) in [6.07, 6.45) is 0.764. The summed E-state index contributed by atoms with van der Waals surface area (Å²) < 4.78 is 1.85. The first-order valence-electron chi connectivity index (χ1n) is 5.23. The fourth-order valence-electron chi connectivity index (χ4n) is 1.66. The standard InChI is InChI=1S/C13H13N3/c1-14-9-8-12-10-13(15-16(12)2)11-6-4-3-5-7-11/h3-7,10H,8-9H2,2H3. The third-order valence-electron chi connectivity index (χ3n) is 2.53. The summed E-state index contributed by atoms with van der Waals surface area (Å²) in [6.45, 7) is 7.31. The van der Waals surface area contributed by atoms with Gasteiger partial charge in [-0.15, -0.1) is 0 Å². The normalized spacial score (nSPS) is 10.0. The first-order chi connectivity index (χ1) is 7.81. The Labute approximate surface area is 95.2 Å². The molecule has 16 heavy (non-hydrogen) atoms. The molecule has 0 radical (unpaired) electrons. The van der Waals surface area contributed by atoms with Gasteiger partial charge in [0.05, 0.1) is 12.1 Å². The van der Waals surface area contributed by atoms with Crippen molar-refractivity contribution in [3.63, 3.8) is 0 Å². The maximum Gasteiger partial charge on any atom is 0.220 e. The van der Waals surface area contributed by atoms with Crippen molar-refractivity contribution in [2.45, 2.75) is 6.42 Å². The Morgan fingerprint density at radius 3 is 2.75 bits per heavy atom. The summed E-state index contributed by atoms with van der Waals surface area (Å²) in [5, 5.41) is 4.45. The Hall–Kier alpha value is -2.08. The number of nitrogens with zero attached hydrogens (tertiary/aromatic N) is 3. The van der Waals surface area contributed by atoms with E-state index in [4.69, 9.17) is 6.57 Å². The van der Waals surface area contributed by atoms with E-state index < -0.39 is 0 Å². The van der Waals surface area contributed by atoms with E-state index in [-0.39, 0.29) is 0 Å². The molecule has 3 nitrogen and oxygen atoms in total. The van der Waals surface area contributed by atoms with Crippen LogP contribution in [0.15, 0.2) is 36.4 Å². The Bertz CT molecular complexity index is 506. The molecule has 0 unspecified atom stereocenters. The second-order valence-electron chi connectivity index (χ2n) is 3.64. The van der Waals surface area contributed by atoms with Crippen LogP contribution in [0.3, 0.4) is 0 Å². The number of hydrogen-bond acceptors (Lipinski definition) is 1. The van der Waals surface area contributed by atoms with Crippen LogP contribution in [0, 0.1) is 6.57 Å². The average Bonchev–Trinajstić information content (AvgIpc) is 2.69. The summed E-state index contributed by atoms with van der Waals surface area (Å²) in [5.74, 6) is 0. The molecule has 1 heterocycles. The minimum absolute atomic E-state index is 0.522. The molecule has 0 aliphatic rings. The van der Waals surface area contributed by atoms with E-state index in [1.54, 1.807) is 0 Å². The Balaban J connectivity index is 2.28. The molecule has 1 aromatic heterocycles. The van der Waals surface area contributed by atoms with Crippen molar-refractivity contribution in [2.75, 3.05) is 6.54 Å². The van der Waals surface area contributed by atoms with Crippen molar-refractivity contribution in [1.29, 1.82) is 0 Å². The number of aromatic nitrogens is 2. The van der Waals surface area contributed by atoms with E-state index in [0.717, 1.165) is 23.4 Å². The molecule has 0 aliphatic carbocycles. The van der Waals surface area contributed by atoms with E-state index in [1.165, 1.54) is 0 Å². The first kappa shape index (κ1) is 10.4. The molecule has 0 amide bonds. The summed E-state index contributed by atoms with van der Waals surface area (Å²) >= 11 is 0. The van der Waals surface area contributed by atoms with Gasteiger partial charge >= 0.3 is 0 Å². The van der Waals surface area contributed by atoms with Crippen molar-refractivity contribution in [2.24, 2.45) is 7.05 Å². The van der Waals surface area contributed by atoms with Crippen LogP contribution in [0.5, 0.6) is 0 Å². The average molecular weight is 211 g/mol. The van der Waals surface area contributed by atoms with Crippen molar-refractivity contribution in [3.05, 3.63) is 53.5 Å². The van der Waals surface area contributed by atoms with E-state index in [0.29, 0.717) is 6.54 Å². The smallest absolute Gasteiger partial charge is 0.220 e. The maximum atomic E-state index is 6.79. The van der Waals surface area contributed by atoms with Gasteiger partial charge in [0.2, 0.25) is 6.54 Å². The van der Waals surface area contributed by atoms with Crippen molar-refractivity contribution >= 4 is 0 Å². The second-order valence-corrected chi connectivity index (χ2v) is 3.64. The van der Waals surface area contributed by atoms with Crippen LogP contribution >= 0.6 is 0 Å². The minimum atomic E-state index is 0.522. The van der Waals surface area contributed by atoms with E-state index in [2.05, 4.69) is 16.0 Å². The molecule has 0 aliphatic heterocycles. The van der Waals surface area contributed by atoms with Gasteiger partial charge in [-0.1, -0.05) is 30.3 Å². The molecule has 1 aromatic carbocycles. The van der Waals surface area contributed by atoms with Crippen molar-refractivity contribution < 1.29 is 0 Å². The van der Waals surface area contributed by atoms with Crippen LogP contribution in [0.4, 0.5) is 0 Å². The molecule has 80 valence electrons. The predicted octanol–water partition coefficient (Wildman–Crippen LogP) is 2.55. The highest BCUT2D eigenvalue weighted by molar-refractivity contribution is 5.59. The van der Waals surface area contributed by atoms with Crippen molar-refractivity contribution in [1.82, 2.24) is 9.78 Å². The van der Waals surface area contributed by atoms with Gasteiger partial charge in [0.1, 0.15) is 0 Å². The molecule has 3 heteroatoms. The lowest BCUT2D eigenvalue weighted by atomic mass is 10.1. The molecule has 0 atom stereocenters. The Morgan fingerprint density at radius 2 is 2.06 bits per heavy atom. The topological polar surface area (TPSA) is 22.2 Å². The van der Waals surface area contributed by atoms with Crippen LogP contribution in [-0.4, -0.2) is 16.3 Å². The van der Waals surface area contributed by atoms with Crippen molar-refractivity contribution in [3.8, 4) is 11.3 Å². The molecular formula is C13H13N3. The molecule has 0 bridgehead atoms. The van der Waals surface area contributed by atoms with Crippen LogP contribution in [-0.2, 0) is 13.5 Å². The van der Waals surface area contributed by atoms with Crippen LogP contribution in [0.2, 0.25) is 0 Å². The number of aryl methyl sites for hydroxylation is 1. The molecule has 2 rings (SSSR count). The van der Waals surface area contributed by atoms with Gasteiger partial charge in [0.25, 0.3) is 0 Å². The van der Waals surface area contributed by atoms with Crippen LogP contribution in [0.1, 0.15) is 5.69 Å². The highest BCUT2D eigenvalue weighted by atomic mass is 15.3.